The van der Waals surface area contributed by atoms with E-state index in [9.17, 15) is 4.79 Å². The van der Waals surface area contributed by atoms with Crippen LogP contribution in [0.5, 0.6) is 0 Å². The first-order chi connectivity index (χ1) is 7.22. The van der Waals surface area contributed by atoms with Crippen LogP contribution in [0.4, 0.5) is 5.69 Å². The highest BCUT2D eigenvalue weighted by Crippen LogP contribution is 2.41. The number of pyridine rings is 1. The summed E-state index contributed by atoms with van der Waals surface area (Å²) in [5.41, 5.74) is 0.803. The highest BCUT2D eigenvalue weighted by molar-refractivity contribution is 9.10. The van der Waals surface area contributed by atoms with Crippen LogP contribution < -0.4 is 5.32 Å². The molecule has 80 valence electrons. The molecule has 1 aliphatic carbocycles. The first kappa shape index (κ1) is 10.6. The smallest absolute Gasteiger partial charge is 0.227 e. The third kappa shape index (κ3) is 2.37. The molecular weight excluding hydrogens is 256 g/mol. The van der Waals surface area contributed by atoms with E-state index in [2.05, 4.69) is 33.2 Å². The van der Waals surface area contributed by atoms with Crippen LogP contribution in [-0.4, -0.2) is 10.9 Å². The SMILES string of the molecule is CC[C@@H]1C[C@H]1C(=O)Nc1ccncc1Br. The predicted molar refractivity (Wildman–Crippen MR) is 62.5 cm³/mol. The molecule has 0 bridgehead atoms. The van der Waals surface area contributed by atoms with E-state index in [0.717, 1.165) is 23.0 Å². The van der Waals surface area contributed by atoms with Gasteiger partial charge in [0.15, 0.2) is 0 Å². The topological polar surface area (TPSA) is 42.0 Å². The summed E-state index contributed by atoms with van der Waals surface area (Å²) in [6.07, 6.45) is 5.48. The molecule has 1 fully saturated rings. The van der Waals surface area contributed by atoms with Crippen molar-refractivity contribution in [3.05, 3.63) is 22.9 Å². The Kier molecular flexibility index (Phi) is 3.05. The minimum absolute atomic E-state index is 0.133. The van der Waals surface area contributed by atoms with E-state index in [4.69, 9.17) is 0 Å². The lowest BCUT2D eigenvalue weighted by Gasteiger charge is -2.05. The van der Waals surface area contributed by atoms with Crippen LogP contribution in [0.15, 0.2) is 22.9 Å². The van der Waals surface area contributed by atoms with Crippen LogP contribution in [0.25, 0.3) is 0 Å². The molecule has 1 aromatic rings. The normalized spacial score (nSPS) is 23.6. The zero-order chi connectivity index (χ0) is 10.8. The number of aromatic nitrogens is 1. The highest BCUT2D eigenvalue weighted by Gasteiger charge is 2.41. The van der Waals surface area contributed by atoms with Gasteiger partial charge in [0.2, 0.25) is 5.91 Å². The molecule has 1 saturated carbocycles. The molecule has 0 radical (unpaired) electrons. The van der Waals surface area contributed by atoms with Crippen molar-refractivity contribution in [3.63, 3.8) is 0 Å². The summed E-state index contributed by atoms with van der Waals surface area (Å²) in [4.78, 5) is 15.7. The molecule has 4 heteroatoms. The van der Waals surface area contributed by atoms with Gasteiger partial charge in [-0.05, 0) is 34.3 Å². The van der Waals surface area contributed by atoms with Crippen LogP contribution in [-0.2, 0) is 4.79 Å². The Bertz CT molecular complexity index is 381. The van der Waals surface area contributed by atoms with E-state index in [1.165, 1.54) is 0 Å². The number of amides is 1. The van der Waals surface area contributed by atoms with E-state index >= 15 is 0 Å². The average Bonchev–Trinajstić information content (AvgIpc) is 3.00. The number of nitrogens with one attached hydrogen (secondary N) is 1. The summed E-state index contributed by atoms with van der Waals surface area (Å²) in [6.45, 7) is 2.13. The van der Waals surface area contributed by atoms with Crippen molar-refractivity contribution in [2.45, 2.75) is 19.8 Å². The summed E-state index contributed by atoms with van der Waals surface area (Å²) >= 11 is 3.35. The summed E-state index contributed by atoms with van der Waals surface area (Å²) in [5.74, 6) is 0.939. The van der Waals surface area contributed by atoms with Gasteiger partial charge in [0, 0.05) is 18.3 Å². The molecule has 2 rings (SSSR count). The molecular formula is C11H13BrN2O. The molecule has 1 aromatic heterocycles. The molecule has 0 spiro atoms. The Hall–Kier alpha value is -0.900. The maximum absolute atomic E-state index is 11.7. The minimum atomic E-state index is 0.133. The number of nitrogens with zero attached hydrogens (tertiary/aromatic N) is 1. The van der Waals surface area contributed by atoms with Gasteiger partial charge in [-0.2, -0.15) is 0 Å². The van der Waals surface area contributed by atoms with Gasteiger partial charge in [0.25, 0.3) is 0 Å². The zero-order valence-electron chi connectivity index (χ0n) is 8.53. The lowest BCUT2D eigenvalue weighted by atomic mass is 10.2. The molecule has 1 aliphatic rings. The number of hydrogen-bond donors (Lipinski definition) is 1. The number of carbonyl (C=O) groups excluding carboxylic acids is 1. The van der Waals surface area contributed by atoms with Crippen molar-refractivity contribution < 1.29 is 4.79 Å². The Morgan fingerprint density at radius 2 is 2.53 bits per heavy atom. The first-order valence-corrected chi connectivity index (χ1v) is 5.92. The quantitative estimate of drug-likeness (QED) is 0.916. The number of halogens is 1. The maximum Gasteiger partial charge on any atom is 0.227 e. The summed E-state index contributed by atoms with van der Waals surface area (Å²) < 4.78 is 0.826. The molecule has 1 heterocycles. The monoisotopic (exact) mass is 268 g/mol. The minimum Gasteiger partial charge on any atom is -0.325 e. The van der Waals surface area contributed by atoms with Gasteiger partial charge in [-0.3, -0.25) is 9.78 Å². The Morgan fingerprint density at radius 1 is 1.73 bits per heavy atom. The van der Waals surface area contributed by atoms with Gasteiger partial charge in [0.1, 0.15) is 0 Å². The average molecular weight is 269 g/mol. The van der Waals surface area contributed by atoms with Crippen LogP contribution in [0.3, 0.4) is 0 Å². The maximum atomic E-state index is 11.7. The summed E-state index contributed by atoms with van der Waals surface area (Å²) in [6, 6.07) is 1.80. The second kappa shape index (κ2) is 4.31. The molecule has 1 N–H and O–H groups in total. The standard InChI is InChI=1S/C11H13BrN2O/c1-2-7-5-8(7)11(15)14-10-3-4-13-6-9(10)12/h3-4,6-8H,2,5H2,1H3,(H,13,14,15)/t7-,8-/m1/s1. The van der Waals surface area contributed by atoms with Gasteiger partial charge in [0.05, 0.1) is 10.2 Å². The molecule has 2 atom stereocenters. The number of anilines is 1. The predicted octanol–water partition coefficient (Wildman–Crippen LogP) is 2.83. The third-order valence-corrected chi connectivity index (χ3v) is 3.45. The summed E-state index contributed by atoms with van der Waals surface area (Å²) in [5, 5.41) is 2.91. The van der Waals surface area contributed by atoms with Crippen molar-refractivity contribution in [1.82, 2.24) is 4.98 Å². The zero-order valence-corrected chi connectivity index (χ0v) is 10.1. The van der Waals surface area contributed by atoms with Crippen molar-refractivity contribution in [1.29, 1.82) is 0 Å². The van der Waals surface area contributed by atoms with Crippen molar-refractivity contribution in [3.8, 4) is 0 Å². The fourth-order valence-corrected chi connectivity index (χ4v) is 2.07. The largest absolute Gasteiger partial charge is 0.325 e. The van der Waals surface area contributed by atoms with Gasteiger partial charge in [-0.1, -0.05) is 13.3 Å². The highest BCUT2D eigenvalue weighted by atomic mass is 79.9. The van der Waals surface area contributed by atoms with E-state index in [-0.39, 0.29) is 11.8 Å². The molecule has 15 heavy (non-hydrogen) atoms. The fourth-order valence-electron chi connectivity index (χ4n) is 1.72. The first-order valence-electron chi connectivity index (χ1n) is 5.12. The third-order valence-electron chi connectivity index (χ3n) is 2.81. The Morgan fingerprint density at radius 3 is 3.13 bits per heavy atom. The van der Waals surface area contributed by atoms with Crippen LogP contribution in [0, 0.1) is 11.8 Å². The second-order valence-electron chi connectivity index (χ2n) is 3.86. The summed E-state index contributed by atoms with van der Waals surface area (Å²) in [7, 11) is 0. The van der Waals surface area contributed by atoms with E-state index in [1.54, 1.807) is 18.5 Å². The van der Waals surface area contributed by atoms with Crippen molar-refractivity contribution in [2.75, 3.05) is 5.32 Å². The van der Waals surface area contributed by atoms with Crippen LogP contribution in [0.1, 0.15) is 19.8 Å². The lowest BCUT2D eigenvalue weighted by molar-refractivity contribution is -0.117. The van der Waals surface area contributed by atoms with Gasteiger partial charge in [-0.15, -0.1) is 0 Å². The van der Waals surface area contributed by atoms with Gasteiger partial charge < -0.3 is 5.32 Å². The van der Waals surface area contributed by atoms with E-state index in [1.807, 2.05) is 0 Å². The fraction of sp³-hybridized carbons (Fsp3) is 0.455. The Labute approximate surface area is 97.4 Å². The van der Waals surface area contributed by atoms with Crippen LogP contribution in [0.2, 0.25) is 0 Å². The molecule has 0 aromatic carbocycles. The van der Waals surface area contributed by atoms with E-state index in [0.29, 0.717) is 5.92 Å². The Balaban J connectivity index is 1.98. The molecule has 3 nitrogen and oxygen atoms in total. The molecule has 0 saturated heterocycles. The van der Waals surface area contributed by atoms with E-state index < -0.39 is 0 Å². The number of carbonyl (C=O) groups is 1. The lowest BCUT2D eigenvalue weighted by Crippen LogP contribution is -2.15. The molecule has 0 aliphatic heterocycles. The molecule has 0 unspecified atom stereocenters. The number of rotatable bonds is 3. The van der Waals surface area contributed by atoms with Crippen LogP contribution >= 0.6 is 15.9 Å². The van der Waals surface area contributed by atoms with Crippen molar-refractivity contribution in [2.24, 2.45) is 11.8 Å². The van der Waals surface area contributed by atoms with Gasteiger partial charge >= 0.3 is 0 Å². The molecule has 1 amide bonds. The second-order valence-corrected chi connectivity index (χ2v) is 4.71. The van der Waals surface area contributed by atoms with Gasteiger partial charge in [-0.25, -0.2) is 0 Å². The van der Waals surface area contributed by atoms with Crippen molar-refractivity contribution >= 4 is 27.5 Å². The number of hydrogen-bond acceptors (Lipinski definition) is 2.